The van der Waals surface area contributed by atoms with Crippen LogP contribution in [0.1, 0.15) is 0 Å². The molecule has 0 N–H and O–H groups in total. The summed E-state index contributed by atoms with van der Waals surface area (Å²) in [6.45, 7) is -5.01. The van der Waals surface area contributed by atoms with Gasteiger partial charge in [-0.3, -0.25) is 0 Å². The molecule has 0 aliphatic rings. The molecule has 0 heterocycles. The maximum Gasteiger partial charge on any atom is 0.511 e. The highest BCUT2D eigenvalue weighted by molar-refractivity contribution is 9.10. The molecule has 0 radical (unpaired) electrons. The van der Waals surface area contributed by atoms with Gasteiger partial charge in [0.15, 0.2) is 0 Å². The minimum Gasteiger partial charge on any atom is -0.445 e. The highest BCUT2D eigenvalue weighted by Crippen LogP contribution is 2.23. The minimum atomic E-state index is -5.01. The molecule has 0 aliphatic heterocycles. The van der Waals surface area contributed by atoms with Crippen LogP contribution in [0.25, 0.3) is 0 Å². The summed E-state index contributed by atoms with van der Waals surface area (Å²) >= 11 is 8.34. The Labute approximate surface area is 80.9 Å². The summed E-state index contributed by atoms with van der Waals surface area (Å²) in [5.74, 6) is 0. The number of hydrogen-bond donors (Lipinski definition) is 0. The van der Waals surface area contributed by atoms with E-state index in [0.717, 1.165) is 6.07 Å². The fourth-order valence-corrected chi connectivity index (χ4v) is 1.40. The zero-order valence-electron chi connectivity index (χ0n) is 5.70. The first-order chi connectivity index (χ1) is 5.43. The van der Waals surface area contributed by atoms with E-state index < -0.39 is 12.4 Å². The fourth-order valence-electron chi connectivity index (χ4n) is 0.773. The fraction of sp³-hybridized carbons (Fsp3) is 0. The average molecular weight is 258 g/mol. The second-order valence-corrected chi connectivity index (χ2v) is 3.45. The van der Waals surface area contributed by atoms with Crippen LogP contribution in [0.3, 0.4) is 0 Å². The summed E-state index contributed by atoms with van der Waals surface area (Å²) in [4.78, 5) is 0. The maximum absolute atomic E-state index is 12.2. The third kappa shape index (κ3) is 1.96. The van der Waals surface area contributed by atoms with Crippen molar-refractivity contribution < 1.29 is 12.9 Å². The molecule has 0 fully saturated rings. The summed E-state index contributed by atoms with van der Waals surface area (Å²) in [5, 5.41) is -0.273. The topological polar surface area (TPSA) is 0 Å². The Balaban J connectivity index is 3.26. The summed E-state index contributed by atoms with van der Waals surface area (Å²) in [7, 11) is 0. The van der Waals surface area contributed by atoms with Crippen molar-refractivity contribution in [1.82, 2.24) is 0 Å². The van der Waals surface area contributed by atoms with Gasteiger partial charge in [0, 0.05) is 9.50 Å². The molecule has 6 heteroatoms. The second kappa shape index (κ2) is 3.30. The predicted octanol–water partition coefficient (Wildman–Crippen LogP) is 3.16. The molecule has 1 aromatic rings. The van der Waals surface area contributed by atoms with Crippen molar-refractivity contribution in [1.29, 1.82) is 0 Å². The van der Waals surface area contributed by atoms with E-state index in [1.54, 1.807) is 0 Å². The molecule has 0 saturated carbocycles. The van der Waals surface area contributed by atoms with E-state index in [1.165, 1.54) is 12.1 Å². The van der Waals surface area contributed by atoms with Crippen molar-refractivity contribution in [3.63, 3.8) is 0 Å². The highest BCUT2D eigenvalue weighted by atomic mass is 79.9. The van der Waals surface area contributed by atoms with Gasteiger partial charge in [0.1, 0.15) is 0 Å². The lowest BCUT2D eigenvalue weighted by Gasteiger charge is -2.16. The van der Waals surface area contributed by atoms with E-state index in [9.17, 15) is 12.9 Å². The van der Waals surface area contributed by atoms with Crippen molar-refractivity contribution >= 4 is 40.0 Å². The van der Waals surface area contributed by atoms with E-state index in [-0.39, 0.29) is 9.50 Å². The molecule has 1 aromatic carbocycles. The van der Waals surface area contributed by atoms with Gasteiger partial charge in [0.05, 0.1) is 0 Å². The number of benzene rings is 1. The third-order valence-corrected chi connectivity index (χ3v) is 2.65. The first kappa shape index (κ1) is 9.93. The van der Waals surface area contributed by atoms with Gasteiger partial charge in [0.2, 0.25) is 0 Å². The zero-order chi connectivity index (χ0) is 9.35. The first-order valence-electron chi connectivity index (χ1n) is 3.07. The van der Waals surface area contributed by atoms with Gasteiger partial charge < -0.3 is 12.9 Å². The average Bonchev–Trinajstić information content (AvgIpc) is 1.92. The largest absolute Gasteiger partial charge is 0.511 e. The summed E-state index contributed by atoms with van der Waals surface area (Å²) in [6.07, 6.45) is 0. The molecular formula is C6H3BBrClF3-. The summed E-state index contributed by atoms with van der Waals surface area (Å²) in [6, 6.07) is 3.74. The van der Waals surface area contributed by atoms with Gasteiger partial charge in [0.25, 0.3) is 0 Å². The molecule has 0 amide bonds. The third-order valence-electron chi connectivity index (χ3n) is 1.33. The lowest BCUT2D eigenvalue weighted by Crippen LogP contribution is -2.34. The van der Waals surface area contributed by atoms with Gasteiger partial charge >= 0.3 is 6.98 Å². The maximum atomic E-state index is 12.2. The Morgan fingerprint density at radius 1 is 1.25 bits per heavy atom. The lowest BCUT2D eigenvalue weighted by molar-refractivity contribution is 0.501. The van der Waals surface area contributed by atoms with Gasteiger partial charge in [-0.1, -0.05) is 29.2 Å². The van der Waals surface area contributed by atoms with Gasteiger partial charge in [-0.05, 0) is 22.0 Å². The molecule has 0 saturated heterocycles. The van der Waals surface area contributed by atoms with Gasteiger partial charge in [-0.25, -0.2) is 0 Å². The van der Waals surface area contributed by atoms with Gasteiger partial charge in [-0.2, -0.15) is 0 Å². The molecule has 0 aromatic heterocycles. The van der Waals surface area contributed by atoms with Crippen molar-refractivity contribution in [3.05, 3.63) is 27.7 Å². The molecule has 0 unspecified atom stereocenters. The molecule has 12 heavy (non-hydrogen) atoms. The highest BCUT2D eigenvalue weighted by Gasteiger charge is 2.28. The number of rotatable bonds is 1. The lowest BCUT2D eigenvalue weighted by atomic mass is 9.80. The molecule has 0 nitrogen and oxygen atoms in total. The van der Waals surface area contributed by atoms with Crippen LogP contribution in [0.5, 0.6) is 0 Å². The van der Waals surface area contributed by atoms with Crippen molar-refractivity contribution in [2.24, 2.45) is 0 Å². The first-order valence-corrected chi connectivity index (χ1v) is 4.24. The van der Waals surface area contributed by atoms with Crippen LogP contribution in [0.2, 0.25) is 5.02 Å². The summed E-state index contributed by atoms with van der Waals surface area (Å²) < 4.78 is 36.8. The van der Waals surface area contributed by atoms with Crippen LogP contribution < -0.4 is 5.46 Å². The van der Waals surface area contributed by atoms with Crippen LogP contribution in [-0.4, -0.2) is 6.98 Å². The monoisotopic (exact) mass is 257 g/mol. The van der Waals surface area contributed by atoms with Crippen LogP contribution in [0, 0.1) is 0 Å². The number of hydrogen-bond acceptors (Lipinski definition) is 0. The summed E-state index contributed by atoms with van der Waals surface area (Å²) in [5.41, 5.74) is -0.758. The van der Waals surface area contributed by atoms with Gasteiger partial charge in [-0.15, -0.1) is 0 Å². The normalized spacial score (nSPS) is 11.8. The van der Waals surface area contributed by atoms with E-state index in [2.05, 4.69) is 15.9 Å². The van der Waals surface area contributed by atoms with E-state index in [0.29, 0.717) is 0 Å². The second-order valence-electron chi connectivity index (χ2n) is 2.22. The van der Waals surface area contributed by atoms with E-state index in [1.807, 2.05) is 0 Å². The van der Waals surface area contributed by atoms with Crippen LogP contribution >= 0.6 is 27.5 Å². The smallest absolute Gasteiger partial charge is 0.445 e. The Kier molecular flexibility index (Phi) is 2.73. The standard InChI is InChI=1S/C6H3BBrClF3/c8-5-3-1-2-4(6(5)9)7(10,11)12/h1-3H/q-1. The zero-order valence-corrected chi connectivity index (χ0v) is 8.04. The SMILES string of the molecule is F[B-](F)(F)c1cccc(Br)c1Cl. The van der Waals surface area contributed by atoms with Crippen molar-refractivity contribution in [3.8, 4) is 0 Å². The van der Waals surface area contributed by atoms with Crippen LogP contribution in [-0.2, 0) is 0 Å². The van der Waals surface area contributed by atoms with Crippen molar-refractivity contribution in [2.75, 3.05) is 0 Å². The Morgan fingerprint density at radius 2 is 1.83 bits per heavy atom. The Bertz CT molecular complexity index is 299. The minimum absolute atomic E-state index is 0.265. The molecular weight excluding hydrogens is 255 g/mol. The molecule has 0 spiro atoms. The predicted molar refractivity (Wildman–Crippen MR) is 47.9 cm³/mol. The molecule has 66 valence electrons. The molecule has 1 rings (SSSR count). The van der Waals surface area contributed by atoms with E-state index >= 15 is 0 Å². The van der Waals surface area contributed by atoms with Crippen molar-refractivity contribution in [2.45, 2.75) is 0 Å². The quantitative estimate of drug-likeness (QED) is 0.679. The molecule has 0 aliphatic carbocycles. The Hall–Kier alpha value is -0.155. The van der Waals surface area contributed by atoms with Crippen LogP contribution in [0.15, 0.2) is 22.7 Å². The molecule has 0 bridgehead atoms. The van der Waals surface area contributed by atoms with Crippen LogP contribution in [0.4, 0.5) is 12.9 Å². The molecule has 0 atom stereocenters. The number of halogens is 5. The Morgan fingerprint density at radius 3 is 2.25 bits per heavy atom. The van der Waals surface area contributed by atoms with E-state index in [4.69, 9.17) is 11.6 Å².